The Kier molecular flexibility index (Phi) is 5.13. The van der Waals surface area contributed by atoms with E-state index in [0.717, 1.165) is 18.2 Å². The molecule has 3 aromatic rings. The fourth-order valence-electron chi connectivity index (χ4n) is 2.71. The molecule has 0 spiro atoms. The number of nitrogens with zero attached hydrogens (tertiary/aromatic N) is 1. The molecule has 154 valence electrons. The van der Waals surface area contributed by atoms with Crippen LogP contribution in [0.2, 0.25) is 5.02 Å². The Morgan fingerprint density at radius 1 is 1.07 bits per heavy atom. The van der Waals surface area contributed by atoms with Crippen LogP contribution in [0.1, 0.15) is 21.7 Å². The second-order valence-corrected chi connectivity index (χ2v) is 6.57. The van der Waals surface area contributed by atoms with Crippen LogP contribution in [-0.4, -0.2) is 18.9 Å². The summed E-state index contributed by atoms with van der Waals surface area (Å²) < 4.78 is 54.6. The van der Waals surface area contributed by atoms with E-state index >= 15 is 0 Å². The Hall–Kier alpha value is -3.46. The van der Waals surface area contributed by atoms with Crippen molar-refractivity contribution in [3.8, 4) is 22.8 Å². The summed E-state index contributed by atoms with van der Waals surface area (Å²) in [5.74, 6) is 0.864. The lowest BCUT2D eigenvalue weighted by atomic mass is 10.1. The molecular weight excluding hydrogens is 425 g/mol. The molecule has 1 aromatic heterocycles. The van der Waals surface area contributed by atoms with Gasteiger partial charge in [-0.25, -0.2) is 5.43 Å². The van der Waals surface area contributed by atoms with Crippen LogP contribution in [0.15, 0.2) is 58.0 Å². The van der Waals surface area contributed by atoms with Gasteiger partial charge in [-0.05, 0) is 48.5 Å². The zero-order valence-corrected chi connectivity index (χ0v) is 15.8. The van der Waals surface area contributed by atoms with Crippen LogP contribution in [0, 0.1) is 0 Å². The first-order chi connectivity index (χ1) is 14.3. The van der Waals surface area contributed by atoms with Crippen molar-refractivity contribution < 1.29 is 31.9 Å². The van der Waals surface area contributed by atoms with E-state index in [1.54, 1.807) is 12.1 Å². The molecule has 0 fully saturated rings. The summed E-state index contributed by atoms with van der Waals surface area (Å²) in [6.45, 7) is 0.0925. The highest BCUT2D eigenvalue weighted by atomic mass is 35.5. The van der Waals surface area contributed by atoms with Gasteiger partial charge in [0.25, 0.3) is 5.91 Å². The van der Waals surface area contributed by atoms with Crippen LogP contribution in [0.25, 0.3) is 11.3 Å². The number of fused-ring (bicyclic) bond motifs is 1. The van der Waals surface area contributed by atoms with Crippen LogP contribution in [0.4, 0.5) is 13.2 Å². The maximum Gasteiger partial charge on any atom is 0.416 e. The van der Waals surface area contributed by atoms with Gasteiger partial charge in [-0.1, -0.05) is 11.6 Å². The van der Waals surface area contributed by atoms with Crippen LogP contribution >= 0.6 is 11.6 Å². The summed E-state index contributed by atoms with van der Waals surface area (Å²) >= 11 is 6.01. The Balaban J connectivity index is 1.46. The number of hydrazone groups is 1. The number of nitrogens with one attached hydrogen (secondary N) is 1. The van der Waals surface area contributed by atoms with E-state index in [1.165, 1.54) is 24.4 Å². The lowest BCUT2D eigenvalue weighted by Crippen LogP contribution is -2.17. The van der Waals surface area contributed by atoms with Crippen molar-refractivity contribution in [2.75, 3.05) is 6.79 Å². The summed E-state index contributed by atoms with van der Waals surface area (Å²) in [7, 11) is 0. The fourth-order valence-corrected chi connectivity index (χ4v) is 2.92. The summed E-state index contributed by atoms with van der Waals surface area (Å²) in [6, 6.07) is 10.6. The molecule has 10 heteroatoms. The van der Waals surface area contributed by atoms with E-state index in [2.05, 4.69) is 10.5 Å². The average molecular weight is 437 g/mol. The van der Waals surface area contributed by atoms with Crippen molar-refractivity contribution in [3.05, 3.63) is 70.4 Å². The summed E-state index contributed by atoms with van der Waals surface area (Å²) in [6.07, 6.45) is -3.29. The lowest BCUT2D eigenvalue weighted by Gasteiger charge is -2.09. The van der Waals surface area contributed by atoms with Crippen LogP contribution in [0.5, 0.6) is 11.5 Å². The summed E-state index contributed by atoms with van der Waals surface area (Å²) in [5.41, 5.74) is 1.89. The van der Waals surface area contributed by atoms with Gasteiger partial charge in [-0.2, -0.15) is 18.3 Å². The molecule has 4 rings (SSSR count). The molecule has 1 amide bonds. The molecule has 0 radical (unpaired) electrons. The first-order valence-electron chi connectivity index (χ1n) is 8.51. The first-order valence-corrected chi connectivity index (χ1v) is 8.89. The Morgan fingerprint density at radius 2 is 1.87 bits per heavy atom. The van der Waals surface area contributed by atoms with Crippen molar-refractivity contribution in [1.29, 1.82) is 0 Å². The van der Waals surface area contributed by atoms with Gasteiger partial charge in [0, 0.05) is 11.1 Å². The van der Waals surface area contributed by atoms with Gasteiger partial charge in [0.2, 0.25) is 6.79 Å². The second-order valence-electron chi connectivity index (χ2n) is 6.16. The van der Waals surface area contributed by atoms with E-state index in [9.17, 15) is 18.0 Å². The quantitative estimate of drug-likeness (QED) is 0.455. The number of hydrogen-bond donors (Lipinski definition) is 1. The van der Waals surface area contributed by atoms with Crippen LogP contribution in [0.3, 0.4) is 0 Å². The molecule has 6 nitrogen and oxygen atoms in total. The number of rotatable bonds is 4. The molecule has 0 unspecified atom stereocenters. The number of amides is 1. The second kappa shape index (κ2) is 7.75. The molecule has 1 N–H and O–H groups in total. The highest BCUT2D eigenvalue weighted by molar-refractivity contribution is 6.33. The van der Waals surface area contributed by atoms with Gasteiger partial charge in [0.05, 0.1) is 16.8 Å². The maximum absolute atomic E-state index is 12.9. The molecule has 0 atom stereocenters. The third-order valence-corrected chi connectivity index (χ3v) is 4.51. The highest BCUT2D eigenvalue weighted by Crippen LogP contribution is 2.36. The number of carbonyl (C=O) groups is 1. The number of benzene rings is 2. The number of furan rings is 1. The Labute approximate surface area is 172 Å². The number of hydrogen-bond acceptors (Lipinski definition) is 5. The normalized spacial score (nSPS) is 13.1. The molecule has 30 heavy (non-hydrogen) atoms. The monoisotopic (exact) mass is 436 g/mol. The van der Waals surface area contributed by atoms with E-state index < -0.39 is 17.6 Å². The van der Waals surface area contributed by atoms with Crippen LogP contribution < -0.4 is 14.9 Å². The molecule has 0 saturated heterocycles. The molecule has 1 aliphatic rings. The zero-order chi connectivity index (χ0) is 21.3. The zero-order valence-electron chi connectivity index (χ0n) is 15.0. The molecule has 0 bridgehead atoms. The number of carbonyl (C=O) groups excluding carboxylic acids is 1. The molecule has 0 aliphatic carbocycles. The van der Waals surface area contributed by atoms with E-state index in [-0.39, 0.29) is 28.9 Å². The van der Waals surface area contributed by atoms with E-state index in [4.69, 9.17) is 25.5 Å². The predicted molar refractivity (Wildman–Crippen MR) is 102 cm³/mol. The molecule has 2 heterocycles. The number of alkyl halides is 3. The van der Waals surface area contributed by atoms with E-state index in [1.807, 2.05) is 0 Å². The van der Waals surface area contributed by atoms with Gasteiger partial charge in [-0.3, -0.25) is 4.79 Å². The van der Waals surface area contributed by atoms with Crippen molar-refractivity contribution in [3.63, 3.8) is 0 Å². The van der Waals surface area contributed by atoms with Gasteiger partial charge >= 0.3 is 6.18 Å². The van der Waals surface area contributed by atoms with Crippen molar-refractivity contribution in [2.45, 2.75) is 6.18 Å². The number of halogens is 4. The lowest BCUT2D eigenvalue weighted by molar-refractivity contribution is -0.137. The largest absolute Gasteiger partial charge is 0.455 e. The summed E-state index contributed by atoms with van der Waals surface area (Å²) in [5, 5.41) is 3.90. The van der Waals surface area contributed by atoms with Crippen molar-refractivity contribution >= 4 is 23.7 Å². The average Bonchev–Trinajstić information content (AvgIpc) is 3.36. The predicted octanol–water partition coefficient (Wildman–Crippen LogP) is 5.11. The van der Waals surface area contributed by atoms with Gasteiger partial charge in [-0.15, -0.1) is 0 Å². The SMILES string of the molecule is O=C(NN=Cc1ccc(-c2cc(C(F)(F)F)ccc2Cl)o1)c1ccc2c(c1)OCO2. The van der Waals surface area contributed by atoms with Gasteiger partial charge in [0.1, 0.15) is 11.5 Å². The van der Waals surface area contributed by atoms with Gasteiger partial charge in [0.15, 0.2) is 11.5 Å². The molecule has 2 aromatic carbocycles. The Bertz CT molecular complexity index is 1140. The maximum atomic E-state index is 12.9. The van der Waals surface area contributed by atoms with Gasteiger partial charge < -0.3 is 13.9 Å². The third kappa shape index (κ3) is 4.11. The smallest absolute Gasteiger partial charge is 0.416 e. The van der Waals surface area contributed by atoms with Crippen LogP contribution in [-0.2, 0) is 6.18 Å². The minimum atomic E-state index is -4.50. The van der Waals surface area contributed by atoms with Crippen molar-refractivity contribution in [1.82, 2.24) is 5.43 Å². The van der Waals surface area contributed by atoms with Crippen molar-refractivity contribution in [2.24, 2.45) is 5.10 Å². The minimum absolute atomic E-state index is 0.0925. The molecule has 0 saturated carbocycles. The molecular formula is C20H12ClF3N2O4. The fraction of sp³-hybridized carbons (Fsp3) is 0.100. The summed E-state index contributed by atoms with van der Waals surface area (Å²) in [4.78, 5) is 12.2. The molecule has 1 aliphatic heterocycles. The standard InChI is InChI=1S/C20H12ClF3N2O4/c21-15-4-2-12(20(22,23)24)8-14(15)16-6-3-13(30-16)9-25-26-19(27)11-1-5-17-18(7-11)29-10-28-17/h1-9H,10H2,(H,26,27). The topological polar surface area (TPSA) is 73.1 Å². The van der Waals surface area contributed by atoms with E-state index in [0.29, 0.717) is 17.1 Å². The first kappa shape index (κ1) is 19.8. The highest BCUT2D eigenvalue weighted by Gasteiger charge is 2.31. The minimum Gasteiger partial charge on any atom is -0.455 e. The Morgan fingerprint density at radius 3 is 2.67 bits per heavy atom. The third-order valence-electron chi connectivity index (χ3n) is 4.18. The number of ether oxygens (including phenoxy) is 2.